The van der Waals surface area contributed by atoms with Gasteiger partial charge in [-0.1, -0.05) is 6.07 Å². The standard InChI is InChI=1S/C15H24BrNO3/c1-3-19-9-7-17(8-10-20-4-2)12-13-5-6-15(18)14(16)11-13/h5-6,11,18H,3-4,7-10,12H2,1-2H3. The van der Waals surface area contributed by atoms with E-state index >= 15 is 0 Å². The number of benzene rings is 1. The molecule has 0 aromatic heterocycles. The number of hydrogen-bond donors (Lipinski definition) is 1. The summed E-state index contributed by atoms with van der Waals surface area (Å²) >= 11 is 3.35. The summed E-state index contributed by atoms with van der Waals surface area (Å²) in [5.41, 5.74) is 1.16. The normalized spacial score (nSPS) is 11.2. The molecule has 0 saturated carbocycles. The van der Waals surface area contributed by atoms with Crippen LogP contribution in [0.3, 0.4) is 0 Å². The highest BCUT2D eigenvalue weighted by Crippen LogP contribution is 2.24. The molecule has 0 saturated heterocycles. The monoisotopic (exact) mass is 345 g/mol. The SMILES string of the molecule is CCOCCN(CCOCC)Cc1ccc(O)c(Br)c1. The molecule has 20 heavy (non-hydrogen) atoms. The highest BCUT2D eigenvalue weighted by atomic mass is 79.9. The number of rotatable bonds is 10. The Labute approximate surface area is 129 Å². The smallest absolute Gasteiger partial charge is 0.129 e. The van der Waals surface area contributed by atoms with Gasteiger partial charge in [-0.3, -0.25) is 4.90 Å². The fraction of sp³-hybridized carbons (Fsp3) is 0.600. The number of halogens is 1. The molecule has 4 nitrogen and oxygen atoms in total. The van der Waals surface area contributed by atoms with Crippen LogP contribution >= 0.6 is 15.9 Å². The van der Waals surface area contributed by atoms with Crippen molar-refractivity contribution in [1.29, 1.82) is 0 Å². The lowest BCUT2D eigenvalue weighted by molar-refractivity contribution is 0.0797. The van der Waals surface area contributed by atoms with E-state index in [1.807, 2.05) is 26.0 Å². The van der Waals surface area contributed by atoms with Crippen LogP contribution in [0.2, 0.25) is 0 Å². The summed E-state index contributed by atoms with van der Waals surface area (Å²) in [7, 11) is 0. The van der Waals surface area contributed by atoms with Crippen LogP contribution in [0.15, 0.2) is 22.7 Å². The molecule has 1 aromatic carbocycles. The molecule has 0 aliphatic heterocycles. The van der Waals surface area contributed by atoms with Gasteiger partial charge in [-0.25, -0.2) is 0 Å². The van der Waals surface area contributed by atoms with Crippen LogP contribution in [-0.4, -0.2) is 49.5 Å². The van der Waals surface area contributed by atoms with Crippen molar-refractivity contribution >= 4 is 15.9 Å². The Morgan fingerprint density at radius 3 is 2.20 bits per heavy atom. The molecule has 1 rings (SSSR count). The van der Waals surface area contributed by atoms with Crippen LogP contribution in [0.5, 0.6) is 5.75 Å². The molecule has 0 unspecified atom stereocenters. The summed E-state index contributed by atoms with van der Waals surface area (Å²) in [6.45, 7) is 9.50. The lowest BCUT2D eigenvalue weighted by atomic mass is 10.2. The van der Waals surface area contributed by atoms with Gasteiger partial charge in [0.2, 0.25) is 0 Å². The first-order valence-electron chi connectivity index (χ1n) is 7.02. The van der Waals surface area contributed by atoms with Gasteiger partial charge in [0.1, 0.15) is 5.75 Å². The van der Waals surface area contributed by atoms with Gasteiger partial charge in [0.15, 0.2) is 0 Å². The van der Waals surface area contributed by atoms with Crippen molar-refractivity contribution in [3.05, 3.63) is 28.2 Å². The molecule has 0 atom stereocenters. The fourth-order valence-electron chi connectivity index (χ4n) is 1.85. The molecule has 5 heteroatoms. The Balaban J connectivity index is 2.54. The summed E-state index contributed by atoms with van der Waals surface area (Å²) in [6, 6.07) is 5.60. The molecule has 0 amide bonds. The molecule has 1 N–H and O–H groups in total. The molecule has 114 valence electrons. The maximum absolute atomic E-state index is 9.52. The summed E-state index contributed by atoms with van der Waals surface area (Å²) in [5, 5.41) is 9.52. The second-order valence-corrected chi connectivity index (χ2v) is 5.31. The second kappa shape index (κ2) is 10.2. The third kappa shape index (κ3) is 6.70. The maximum Gasteiger partial charge on any atom is 0.129 e. The topological polar surface area (TPSA) is 41.9 Å². The van der Waals surface area contributed by atoms with Crippen LogP contribution in [0, 0.1) is 0 Å². The van der Waals surface area contributed by atoms with Gasteiger partial charge in [0.25, 0.3) is 0 Å². The molecule has 1 aromatic rings. The maximum atomic E-state index is 9.52. The third-order valence-corrected chi connectivity index (χ3v) is 3.57. The van der Waals surface area contributed by atoms with Gasteiger partial charge in [-0.05, 0) is 47.5 Å². The third-order valence-electron chi connectivity index (χ3n) is 2.93. The second-order valence-electron chi connectivity index (χ2n) is 4.46. The molecule has 0 fully saturated rings. The molecule has 0 spiro atoms. The highest BCUT2D eigenvalue weighted by Gasteiger charge is 2.07. The average Bonchev–Trinajstić information content (AvgIpc) is 2.43. The van der Waals surface area contributed by atoms with E-state index in [4.69, 9.17) is 9.47 Å². The van der Waals surface area contributed by atoms with E-state index in [1.54, 1.807) is 6.07 Å². The number of phenolic OH excluding ortho intramolecular Hbond substituents is 1. The number of phenols is 1. The zero-order valence-corrected chi connectivity index (χ0v) is 13.9. The zero-order chi connectivity index (χ0) is 14.8. The van der Waals surface area contributed by atoms with Crippen molar-refractivity contribution in [3.8, 4) is 5.75 Å². The fourth-order valence-corrected chi connectivity index (χ4v) is 2.28. The predicted octanol–water partition coefficient (Wildman–Crippen LogP) is 3.03. The van der Waals surface area contributed by atoms with Crippen LogP contribution in [0.25, 0.3) is 0 Å². The van der Waals surface area contributed by atoms with E-state index in [-0.39, 0.29) is 5.75 Å². The van der Waals surface area contributed by atoms with Crippen LogP contribution < -0.4 is 0 Å². The number of nitrogens with zero attached hydrogens (tertiary/aromatic N) is 1. The van der Waals surface area contributed by atoms with Crippen LogP contribution in [-0.2, 0) is 16.0 Å². The summed E-state index contributed by atoms with van der Waals surface area (Å²) in [6.07, 6.45) is 0. The van der Waals surface area contributed by atoms with E-state index in [1.165, 1.54) is 0 Å². The minimum Gasteiger partial charge on any atom is -0.507 e. The van der Waals surface area contributed by atoms with E-state index in [0.717, 1.165) is 56.1 Å². The molecular formula is C15H24BrNO3. The number of aromatic hydroxyl groups is 1. The van der Waals surface area contributed by atoms with Crippen molar-refractivity contribution < 1.29 is 14.6 Å². The van der Waals surface area contributed by atoms with E-state index in [2.05, 4.69) is 20.8 Å². The molecule has 0 aliphatic carbocycles. The first kappa shape index (κ1) is 17.4. The van der Waals surface area contributed by atoms with Crippen LogP contribution in [0.4, 0.5) is 0 Å². The molecule has 0 heterocycles. The number of hydrogen-bond acceptors (Lipinski definition) is 4. The van der Waals surface area contributed by atoms with Gasteiger partial charge >= 0.3 is 0 Å². The summed E-state index contributed by atoms with van der Waals surface area (Å²) in [5.74, 6) is 0.268. The molecule has 0 aliphatic rings. The van der Waals surface area contributed by atoms with Crippen LogP contribution in [0.1, 0.15) is 19.4 Å². The van der Waals surface area contributed by atoms with E-state index < -0.39 is 0 Å². The Morgan fingerprint density at radius 2 is 1.70 bits per heavy atom. The Bertz CT molecular complexity index is 377. The Kier molecular flexibility index (Phi) is 8.85. The van der Waals surface area contributed by atoms with E-state index in [9.17, 15) is 5.11 Å². The van der Waals surface area contributed by atoms with Gasteiger partial charge < -0.3 is 14.6 Å². The van der Waals surface area contributed by atoms with Crippen molar-refractivity contribution in [2.75, 3.05) is 39.5 Å². The van der Waals surface area contributed by atoms with Crippen molar-refractivity contribution in [3.63, 3.8) is 0 Å². The zero-order valence-electron chi connectivity index (χ0n) is 12.3. The lowest BCUT2D eigenvalue weighted by Gasteiger charge is -2.22. The summed E-state index contributed by atoms with van der Waals surface area (Å²) in [4.78, 5) is 2.30. The van der Waals surface area contributed by atoms with Gasteiger partial charge in [0, 0.05) is 32.8 Å². The predicted molar refractivity (Wildman–Crippen MR) is 84.1 cm³/mol. The van der Waals surface area contributed by atoms with E-state index in [0.29, 0.717) is 0 Å². The average molecular weight is 346 g/mol. The van der Waals surface area contributed by atoms with Gasteiger partial charge in [0.05, 0.1) is 17.7 Å². The Hall–Kier alpha value is -0.620. The minimum atomic E-state index is 0.268. The molecule has 0 bridgehead atoms. The first-order valence-corrected chi connectivity index (χ1v) is 7.81. The number of ether oxygens (including phenoxy) is 2. The quantitative estimate of drug-likeness (QED) is 0.662. The Morgan fingerprint density at radius 1 is 1.10 bits per heavy atom. The molecular weight excluding hydrogens is 322 g/mol. The lowest BCUT2D eigenvalue weighted by Crippen LogP contribution is -2.30. The minimum absolute atomic E-state index is 0.268. The van der Waals surface area contributed by atoms with Crippen molar-refractivity contribution in [2.24, 2.45) is 0 Å². The first-order chi connectivity index (χ1) is 9.67. The molecule has 0 radical (unpaired) electrons. The van der Waals surface area contributed by atoms with Gasteiger partial charge in [-0.2, -0.15) is 0 Å². The van der Waals surface area contributed by atoms with Gasteiger partial charge in [-0.15, -0.1) is 0 Å². The van der Waals surface area contributed by atoms with Crippen molar-refractivity contribution in [2.45, 2.75) is 20.4 Å². The largest absolute Gasteiger partial charge is 0.507 e. The highest BCUT2D eigenvalue weighted by molar-refractivity contribution is 9.10. The van der Waals surface area contributed by atoms with Crippen molar-refractivity contribution in [1.82, 2.24) is 4.90 Å². The summed E-state index contributed by atoms with van der Waals surface area (Å²) < 4.78 is 11.6.